The molecule has 0 aliphatic heterocycles. The fourth-order valence-electron chi connectivity index (χ4n) is 2.08. The molecule has 4 atom stereocenters. The molecule has 0 aliphatic rings. The van der Waals surface area contributed by atoms with Gasteiger partial charge in [0.1, 0.15) is 24.2 Å². The maximum Gasteiger partial charge on any atom is 0.324 e. The average molecular weight is 795 g/mol. The number of rotatable bonds is 22. The van der Waals surface area contributed by atoms with Crippen LogP contribution in [-0.2, 0) is 38.1 Å². The minimum Gasteiger partial charge on any atom is -0.468 e. The van der Waals surface area contributed by atoms with Crippen molar-refractivity contribution >= 4 is 88.6 Å². The van der Waals surface area contributed by atoms with Gasteiger partial charge in [-0.3, -0.25) is 19.2 Å². The van der Waals surface area contributed by atoms with E-state index in [9.17, 15) is 19.2 Å². The van der Waals surface area contributed by atoms with E-state index in [0.29, 0.717) is 42.1 Å². The van der Waals surface area contributed by atoms with Crippen LogP contribution in [0.2, 0.25) is 0 Å². The second kappa shape index (κ2) is 45.7. The van der Waals surface area contributed by atoms with Crippen molar-refractivity contribution in [1.82, 2.24) is 16.0 Å². The zero-order valence-corrected chi connectivity index (χ0v) is 30.8. The second-order valence-electron chi connectivity index (χ2n) is 7.48. The lowest BCUT2D eigenvalue weighted by molar-refractivity contribution is -0.145. The van der Waals surface area contributed by atoms with E-state index < -0.39 is 24.0 Å². The monoisotopic (exact) mass is 794 g/mol. The predicted molar refractivity (Wildman–Crippen MR) is 214 cm³/mol. The smallest absolute Gasteiger partial charge is 0.324 e. The van der Waals surface area contributed by atoms with Crippen molar-refractivity contribution in [1.29, 1.82) is 0 Å². The molecule has 0 saturated heterocycles. The molecule has 0 aliphatic carbocycles. The molecule has 4 unspecified atom stereocenters. The van der Waals surface area contributed by atoms with Crippen molar-refractivity contribution in [3.8, 4) is 0 Å². The highest BCUT2D eigenvalue weighted by Gasteiger charge is 2.20. The fraction of sp³-hybridized carbons (Fsp3) is 0.852. The van der Waals surface area contributed by atoms with Crippen molar-refractivity contribution in [3.63, 3.8) is 0 Å². The number of methoxy groups -OCH3 is 2. The molecule has 47 heavy (non-hydrogen) atoms. The maximum absolute atomic E-state index is 11.5. The molecule has 0 aromatic rings. The molecule has 0 amide bonds. The van der Waals surface area contributed by atoms with Crippen LogP contribution >= 0.6 is 64.8 Å². The summed E-state index contributed by atoms with van der Waals surface area (Å²) in [6.07, 6.45) is 0. The fourth-order valence-corrected chi connectivity index (χ4v) is 7.95. The third kappa shape index (κ3) is 38.4. The first-order valence-corrected chi connectivity index (χ1v) is 20.4. The van der Waals surface area contributed by atoms with Crippen LogP contribution in [0.25, 0.3) is 0 Å². The first-order chi connectivity index (χ1) is 20.5. The van der Waals surface area contributed by atoms with Gasteiger partial charge in [0.15, 0.2) is 0 Å². The molecular formula is C27H66N6O8S6. The quantitative estimate of drug-likeness (QED) is 0.0305. The largest absolute Gasteiger partial charge is 0.468 e. The predicted octanol–water partition coefficient (Wildman–Crippen LogP) is 3.04. The van der Waals surface area contributed by atoms with E-state index in [2.05, 4.69) is 25.4 Å². The van der Waals surface area contributed by atoms with E-state index in [4.69, 9.17) is 26.7 Å². The van der Waals surface area contributed by atoms with Crippen molar-refractivity contribution in [2.45, 2.75) is 67.7 Å². The summed E-state index contributed by atoms with van der Waals surface area (Å²) in [7, 11) is 17.1. The molecule has 9 N–H and O–H groups in total. The number of nitrogens with one attached hydrogen (secondary N) is 3. The van der Waals surface area contributed by atoms with Crippen molar-refractivity contribution in [3.05, 3.63) is 0 Å². The first-order valence-electron chi connectivity index (χ1n) is 13.0. The summed E-state index contributed by atoms with van der Waals surface area (Å²) < 4.78 is 18.8. The molecule has 0 heterocycles. The molecule has 0 radical (unpaired) electrons. The van der Waals surface area contributed by atoms with Crippen LogP contribution in [0.1, 0.15) is 43.6 Å². The van der Waals surface area contributed by atoms with Gasteiger partial charge in [-0.2, -0.15) is 0 Å². The van der Waals surface area contributed by atoms with Crippen molar-refractivity contribution in [2.75, 3.05) is 83.3 Å². The SMILES string of the molecule is C.C.C.C.CCOC(=O)C(N)CSSCC(NC)C(=O)OCC.CNC(CSSCC(N)C(=O)OC)C(=O)OC.CNCSSCN. The first kappa shape index (κ1) is 61.9. The van der Waals surface area contributed by atoms with Crippen LogP contribution in [-0.4, -0.2) is 131 Å². The van der Waals surface area contributed by atoms with Gasteiger partial charge in [0.2, 0.25) is 0 Å². The zero-order valence-electron chi connectivity index (χ0n) is 25.9. The third-order valence-corrected chi connectivity index (χ3v) is 11.2. The number of nitrogens with two attached hydrogens (primary N) is 3. The van der Waals surface area contributed by atoms with Crippen LogP contribution in [0, 0.1) is 0 Å². The van der Waals surface area contributed by atoms with Gasteiger partial charge in [0.25, 0.3) is 0 Å². The number of hydrogen-bond acceptors (Lipinski definition) is 20. The molecule has 14 nitrogen and oxygen atoms in total. The number of carbonyl (C=O) groups is 4. The Morgan fingerprint density at radius 1 is 0.596 bits per heavy atom. The number of esters is 4. The van der Waals surface area contributed by atoms with Crippen LogP contribution < -0.4 is 33.2 Å². The van der Waals surface area contributed by atoms with Crippen molar-refractivity contribution in [2.24, 2.45) is 17.2 Å². The van der Waals surface area contributed by atoms with E-state index in [-0.39, 0.29) is 53.7 Å². The molecule has 0 aromatic carbocycles. The van der Waals surface area contributed by atoms with E-state index in [1.54, 1.807) is 49.5 Å². The Hall–Kier alpha value is -0.260. The number of likely N-dealkylation sites (N-methyl/N-ethyl adjacent to an activating group) is 2. The van der Waals surface area contributed by atoms with Gasteiger partial charge in [0, 0.05) is 28.9 Å². The van der Waals surface area contributed by atoms with Gasteiger partial charge < -0.3 is 52.1 Å². The van der Waals surface area contributed by atoms with Gasteiger partial charge >= 0.3 is 23.9 Å². The molecular weight excluding hydrogens is 729 g/mol. The molecule has 0 fully saturated rings. The minimum absolute atomic E-state index is 0. The Morgan fingerprint density at radius 3 is 1.34 bits per heavy atom. The zero-order chi connectivity index (χ0) is 33.5. The normalized spacial score (nSPS) is 12.0. The Bertz CT molecular complexity index is 723. The Kier molecular flexibility index (Phi) is 60.3. The average Bonchev–Trinajstić information content (AvgIpc) is 3.01. The summed E-state index contributed by atoms with van der Waals surface area (Å²) in [4.78, 5) is 45.0. The van der Waals surface area contributed by atoms with Gasteiger partial charge in [-0.15, -0.1) is 0 Å². The molecule has 0 aromatic heterocycles. The minimum atomic E-state index is -0.635. The van der Waals surface area contributed by atoms with Crippen LogP contribution in [0.4, 0.5) is 0 Å². The summed E-state index contributed by atoms with van der Waals surface area (Å²) in [5.41, 5.74) is 16.4. The molecule has 0 bridgehead atoms. The van der Waals surface area contributed by atoms with Gasteiger partial charge in [-0.25, -0.2) is 0 Å². The molecule has 0 saturated carbocycles. The lowest BCUT2D eigenvalue weighted by atomic mass is 10.3. The Balaban J connectivity index is -0.000000106. The van der Waals surface area contributed by atoms with Crippen LogP contribution in [0.15, 0.2) is 0 Å². The lowest BCUT2D eigenvalue weighted by Gasteiger charge is -2.14. The highest BCUT2D eigenvalue weighted by atomic mass is 33.1. The maximum atomic E-state index is 11.5. The van der Waals surface area contributed by atoms with E-state index in [1.165, 1.54) is 57.4 Å². The van der Waals surface area contributed by atoms with E-state index in [1.807, 2.05) is 7.05 Å². The number of carbonyl (C=O) groups excluding carboxylic acids is 4. The molecule has 0 rings (SSSR count). The standard InChI is InChI=1S/C11H22N2O4S2.C9H18N2O4S2.C3H10N2S2.4CH4/c1-4-16-10(14)8(12)6-18-19-7-9(13-3)11(15)17-5-2;1-11-7(9(13)15-3)5-17-16-4-6(10)8(12)14-2;1-5-3-7-6-2-4;;;;/h8-9,13H,4-7,12H2,1-3H3;6-7,11H,4-5,10H2,1-3H3;5H,2-4H2,1H3;4*1H4. The highest BCUT2D eigenvalue weighted by Crippen LogP contribution is 2.23. The summed E-state index contributed by atoms with van der Waals surface area (Å²) in [6.45, 7) is 4.20. The summed E-state index contributed by atoms with van der Waals surface area (Å²) in [5, 5.41) is 8.72. The van der Waals surface area contributed by atoms with E-state index in [0.717, 1.165) is 5.88 Å². The topological polar surface area (TPSA) is 219 Å². The summed E-state index contributed by atoms with van der Waals surface area (Å²) in [6, 6.07) is -1.97. The third-order valence-electron chi connectivity index (χ3n) is 4.33. The Labute approximate surface area is 309 Å². The summed E-state index contributed by atoms with van der Waals surface area (Å²) in [5.74, 6) is 2.25. The molecule has 288 valence electrons. The van der Waals surface area contributed by atoms with Gasteiger partial charge in [-0.05, 0) is 35.0 Å². The summed E-state index contributed by atoms with van der Waals surface area (Å²) >= 11 is 0. The Morgan fingerprint density at radius 2 is 0.979 bits per heavy atom. The van der Waals surface area contributed by atoms with Crippen LogP contribution in [0.3, 0.4) is 0 Å². The van der Waals surface area contributed by atoms with Gasteiger partial charge in [-0.1, -0.05) is 94.5 Å². The molecule has 20 heteroatoms. The molecule has 0 spiro atoms. The highest BCUT2D eigenvalue weighted by molar-refractivity contribution is 8.77. The number of ether oxygens (including phenoxy) is 4. The second-order valence-corrected chi connectivity index (χ2v) is 15.1. The van der Waals surface area contributed by atoms with Crippen molar-refractivity contribution < 1.29 is 38.1 Å². The van der Waals surface area contributed by atoms with Crippen LogP contribution in [0.5, 0.6) is 0 Å². The van der Waals surface area contributed by atoms with E-state index >= 15 is 0 Å². The number of hydrogen-bond donors (Lipinski definition) is 6. The van der Waals surface area contributed by atoms with Gasteiger partial charge in [0.05, 0.1) is 33.3 Å². The lowest BCUT2D eigenvalue weighted by Crippen LogP contribution is -2.37.